The first-order valence-corrected chi connectivity index (χ1v) is 13.9. The molecule has 9 heteroatoms. The molecular formula is C30H29ClFN3O4. The van der Waals surface area contributed by atoms with Crippen molar-refractivity contribution in [1.29, 1.82) is 0 Å². The second kappa shape index (κ2) is 9.38. The van der Waals surface area contributed by atoms with Crippen LogP contribution in [-0.4, -0.2) is 40.0 Å². The minimum absolute atomic E-state index is 0.126. The van der Waals surface area contributed by atoms with Crippen molar-refractivity contribution >= 4 is 34.2 Å². The van der Waals surface area contributed by atoms with Crippen LogP contribution in [0.4, 0.5) is 10.1 Å². The third-order valence-corrected chi connectivity index (χ3v) is 9.02. The SMILES string of the molecule is Cn1cc(C(=O)O)c2ccc(N3CC4CC(OCc5c(-c6c(F)cccc6Cl)noc5C5CC5)CC4C3)cc21. The zero-order valence-electron chi connectivity index (χ0n) is 21.6. The highest BCUT2D eigenvalue weighted by atomic mass is 35.5. The summed E-state index contributed by atoms with van der Waals surface area (Å²) in [6.07, 6.45) is 5.83. The largest absolute Gasteiger partial charge is 0.478 e. The summed E-state index contributed by atoms with van der Waals surface area (Å²) in [5, 5.41) is 14.8. The molecule has 1 saturated heterocycles. The Morgan fingerprint density at radius 2 is 1.97 bits per heavy atom. The summed E-state index contributed by atoms with van der Waals surface area (Å²) in [6.45, 7) is 2.23. The fourth-order valence-corrected chi connectivity index (χ4v) is 6.83. The third kappa shape index (κ3) is 4.30. The number of carboxylic acid groups (broad SMARTS) is 1. The van der Waals surface area contributed by atoms with E-state index in [1.807, 2.05) is 23.7 Å². The number of benzene rings is 2. The van der Waals surface area contributed by atoms with Crippen LogP contribution in [0.1, 0.15) is 53.3 Å². The third-order valence-electron chi connectivity index (χ3n) is 8.71. The van der Waals surface area contributed by atoms with E-state index >= 15 is 0 Å². The molecule has 0 amide bonds. The van der Waals surface area contributed by atoms with Crippen molar-refractivity contribution < 1.29 is 23.6 Å². The molecule has 3 aliphatic rings. The number of anilines is 1. The van der Waals surface area contributed by atoms with Crippen LogP contribution in [0.15, 0.2) is 47.1 Å². The first kappa shape index (κ1) is 24.7. The minimum Gasteiger partial charge on any atom is -0.478 e. The number of hydrogen-bond acceptors (Lipinski definition) is 5. The predicted octanol–water partition coefficient (Wildman–Crippen LogP) is 6.63. The Kier molecular flexibility index (Phi) is 5.93. The standard InChI is InChI=1S/C30H29ClFN3O4/c1-34-14-22(30(36)37)21-8-7-19(11-26(21)34)35-12-17-9-20(10-18(17)13-35)38-15-23-28(33-39-29(23)16-5-6-16)27-24(31)3-2-4-25(27)32/h2-4,7-8,11,14,16-18,20H,5-6,9-10,12-13,15H2,1H3,(H,36,37). The van der Waals surface area contributed by atoms with Gasteiger partial charge in [-0.25, -0.2) is 9.18 Å². The molecule has 2 aromatic heterocycles. The second-order valence-corrected chi connectivity index (χ2v) is 11.6. The highest BCUT2D eigenvalue weighted by Gasteiger charge is 2.42. The zero-order chi connectivity index (χ0) is 26.8. The Bertz CT molecular complexity index is 1560. The highest BCUT2D eigenvalue weighted by Crippen LogP contribution is 2.46. The smallest absolute Gasteiger partial charge is 0.337 e. The molecule has 2 aliphatic carbocycles. The van der Waals surface area contributed by atoms with Crippen molar-refractivity contribution in [3.8, 4) is 11.3 Å². The van der Waals surface area contributed by atoms with Crippen molar-refractivity contribution in [1.82, 2.24) is 9.72 Å². The van der Waals surface area contributed by atoms with E-state index in [-0.39, 0.29) is 11.7 Å². The summed E-state index contributed by atoms with van der Waals surface area (Å²) in [5.41, 5.74) is 3.92. The van der Waals surface area contributed by atoms with Crippen molar-refractivity contribution in [2.75, 3.05) is 18.0 Å². The van der Waals surface area contributed by atoms with Gasteiger partial charge in [0.1, 0.15) is 17.3 Å². The van der Waals surface area contributed by atoms with E-state index in [1.165, 1.54) is 6.07 Å². The molecule has 1 aliphatic heterocycles. The van der Waals surface area contributed by atoms with Gasteiger partial charge in [-0.1, -0.05) is 22.8 Å². The first-order valence-electron chi connectivity index (χ1n) is 13.5. The molecule has 1 N–H and O–H groups in total. The van der Waals surface area contributed by atoms with Gasteiger partial charge in [0.05, 0.1) is 34.4 Å². The zero-order valence-corrected chi connectivity index (χ0v) is 22.3. The number of nitrogens with zero attached hydrogens (tertiary/aromatic N) is 3. The van der Waals surface area contributed by atoms with Crippen LogP contribution in [0.2, 0.25) is 5.02 Å². The molecule has 39 heavy (non-hydrogen) atoms. The van der Waals surface area contributed by atoms with Crippen LogP contribution in [0.5, 0.6) is 0 Å². The monoisotopic (exact) mass is 549 g/mol. The number of ether oxygens (including phenoxy) is 1. The lowest BCUT2D eigenvalue weighted by Crippen LogP contribution is -2.23. The Morgan fingerprint density at radius 3 is 2.67 bits per heavy atom. The van der Waals surface area contributed by atoms with Crippen LogP contribution in [-0.2, 0) is 18.4 Å². The molecule has 3 heterocycles. The van der Waals surface area contributed by atoms with Crippen LogP contribution in [0, 0.1) is 17.7 Å². The average Bonchev–Trinajstić information content (AvgIpc) is 3.21. The number of carboxylic acids is 1. The van der Waals surface area contributed by atoms with Crippen molar-refractivity contribution in [2.24, 2.45) is 18.9 Å². The Balaban J connectivity index is 1.04. The number of fused-ring (bicyclic) bond motifs is 2. The maximum absolute atomic E-state index is 14.7. The van der Waals surface area contributed by atoms with Gasteiger partial charge in [0.2, 0.25) is 0 Å². The van der Waals surface area contributed by atoms with E-state index in [9.17, 15) is 14.3 Å². The summed E-state index contributed by atoms with van der Waals surface area (Å²) >= 11 is 6.36. The minimum atomic E-state index is -0.908. The van der Waals surface area contributed by atoms with Gasteiger partial charge in [0.15, 0.2) is 0 Å². The molecule has 3 fully saturated rings. The van der Waals surface area contributed by atoms with Gasteiger partial charge in [-0.15, -0.1) is 0 Å². The first-order chi connectivity index (χ1) is 18.9. The Labute approximate surface area is 230 Å². The normalized spacial score (nSPS) is 22.6. The van der Waals surface area contributed by atoms with Gasteiger partial charge >= 0.3 is 5.97 Å². The fourth-order valence-electron chi connectivity index (χ4n) is 6.58. The molecule has 4 aromatic rings. The van der Waals surface area contributed by atoms with Crippen LogP contribution < -0.4 is 4.90 Å². The molecule has 202 valence electrons. The van der Waals surface area contributed by atoms with Crippen LogP contribution in [0.25, 0.3) is 22.2 Å². The lowest BCUT2D eigenvalue weighted by molar-refractivity contribution is 0.0403. The van der Waals surface area contributed by atoms with E-state index in [0.717, 1.165) is 66.7 Å². The van der Waals surface area contributed by atoms with Crippen molar-refractivity contribution in [2.45, 2.75) is 44.3 Å². The van der Waals surface area contributed by atoms with Gasteiger partial charge in [-0.2, -0.15) is 0 Å². The van der Waals surface area contributed by atoms with E-state index < -0.39 is 11.8 Å². The topological polar surface area (TPSA) is 80.7 Å². The number of halogens is 2. The summed E-state index contributed by atoms with van der Waals surface area (Å²) in [6, 6.07) is 10.7. The quantitative estimate of drug-likeness (QED) is 0.278. The lowest BCUT2D eigenvalue weighted by atomic mass is 10.0. The molecule has 2 saturated carbocycles. The van der Waals surface area contributed by atoms with Crippen molar-refractivity contribution in [3.05, 3.63) is 70.3 Å². The summed E-state index contributed by atoms with van der Waals surface area (Å²) in [4.78, 5) is 14.0. The van der Waals surface area contributed by atoms with Gasteiger partial charge in [-0.05, 0) is 67.9 Å². The van der Waals surface area contributed by atoms with E-state index in [1.54, 1.807) is 18.3 Å². The molecule has 0 radical (unpaired) electrons. The summed E-state index contributed by atoms with van der Waals surface area (Å²) in [5.74, 6) is 0.854. The fraction of sp³-hybridized carbons (Fsp3) is 0.400. The molecule has 0 bridgehead atoms. The Hall–Kier alpha value is -3.36. The number of rotatable bonds is 7. The molecule has 2 unspecified atom stereocenters. The molecule has 2 aromatic carbocycles. The number of aromatic nitrogens is 2. The lowest BCUT2D eigenvalue weighted by Gasteiger charge is -2.22. The molecule has 0 spiro atoms. The molecule has 7 rings (SSSR count). The van der Waals surface area contributed by atoms with E-state index in [4.69, 9.17) is 20.9 Å². The van der Waals surface area contributed by atoms with Gasteiger partial charge < -0.3 is 23.8 Å². The molecule has 7 nitrogen and oxygen atoms in total. The van der Waals surface area contributed by atoms with Gasteiger partial charge in [0.25, 0.3) is 0 Å². The molecule has 2 atom stereocenters. The van der Waals surface area contributed by atoms with Crippen LogP contribution >= 0.6 is 11.6 Å². The van der Waals surface area contributed by atoms with Crippen LogP contribution in [0.3, 0.4) is 0 Å². The summed E-state index contributed by atoms with van der Waals surface area (Å²) in [7, 11) is 1.88. The Morgan fingerprint density at radius 1 is 1.21 bits per heavy atom. The maximum atomic E-state index is 14.7. The molecular weight excluding hydrogens is 521 g/mol. The predicted molar refractivity (Wildman–Crippen MR) is 146 cm³/mol. The van der Waals surface area contributed by atoms with Gasteiger partial charge in [0, 0.05) is 48.9 Å². The highest BCUT2D eigenvalue weighted by molar-refractivity contribution is 6.33. The number of aromatic carboxylic acids is 1. The maximum Gasteiger partial charge on any atom is 0.337 e. The number of aryl methyl sites for hydroxylation is 1. The number of hydrogen-bond donors (Lipinski definition) is 1. The van der Waals surface area contributed by atoms with E-state index in [2.05, 4.69) is 16.1 Å². The van der Waals surface area contributed by atoms with E-state index in [0.29, 0.717) is 40.6 Å². The number of carbonyl (C=O) groups is 1. The van der Waals surface area contributed by atoms with Crippen molar-refractivity contribution in [3.63, 3.8) is 0 Å². The average molecular weight is 550 g/mol. The van der Waals surface area contributed by atoms with Gasteiger partial charge in [-0.3, -0.25) is 0 Å². The summed E-state index contributed by atoms with van der Waals surface area (Å²) < 4.78 is 28.7. The second-order valence-electron chi connectivity index (χ2n) is 11.2.